The highest BCUT2D eigenvalue weighted by Gasteiger charge is 2.34. The number of nitrogens with zero attached hydrogens (tertiary/aromatic N) is 7. The maximum atomic E-state index is 13.1. The number of pyridine rings is 1. The third-order valence-corrected chi connectivity index (χ3v) is 3.76. The normalized spacial score (nSPS) is 12.4. The molecule has 0 unspecified atom stereocenters. The molecular formula is C16H9F3N8O2. The number of carbonyl (C=O) groups excluding carboxylic acids is 1. The summed E-state index contributed by atoms with van der Waals surface area (Å²) < 4.78 is 45.5. The minimum atomic E-state index is -4.69. The van der Waals surface area contributed by atoms with Gasteiger partial charge in [0.1, 0.15) is 23.9 Å². The fourth-order valence-electron chi connectivity index (χ4n) is 2.49. The van der Waals surface area contributed by atoms with Gasteiger partial charge in [-0.05, 0) is 6.07 Å². The van der Waals surface area contributed by atoms with E-state index in [1.54, 1.807) is 0 Å². The van der Waals surface area contributed by atoms with Crippen LogP contribution in [0.2, 0.25) is 0 Å². The predicted octanol–water partition coefficient (Wildman–Crippen LogP) is 1.77. The molecule has 0 aliphatic heterocycles. The second-order valence-corrected chi connectivity index (χ2v) is 5.68. The fraction of sp³-hybridized carbons (Fsp3) is 0.0625. The van der Waals surface area contributed by atoms with E-state index < -0.39 is 17.8 Å². The van der Waals surface area contributed by atoms with Crippen molar-refractivity contribution in [3.8, 4) is 11.4 Å². The zero-order valence-corrected chi connectivity index (χ0v) is 14.2. The van der Waals surface area contributed by atoms with Gasteiger partial charge in [-0.1, -0.05) is 5.16 Å². The highest BCUT2D eigenvalue weighted by molar-refractivity contribution is 6.22. The summed E-state index contributed by atoms with van der Waals surface area (Å²) in [5, 5.41) is 7.55. The molecule has 4 aromatic rings. The van der Waals surface area contributed by atoms with Gasteiger partial charge in [0.2, 0.25) is 0 Å². The monoisotopic (exact) mass is 402 g/mol. The molecule has 0 aliphatic rings. The zero-order chi connectivity index (χ0) is 20.6. The van der Waals surface area contributed by atoms with Crippen LogP contribution in [0.3, 0.4) is 0 Å². The van der Waals surface area contributed by atoms with Gasteiger partial charge in [0.15, 0.2) is 11.4 Å². The molecule has 10 nitrogen and oxygen atoms in total. The molecule has 4 rings (SSSR count). The molecule has 0 spiro atoms. The molecule has 13 heteroatoms. The lowest BCUT2D eigenvalue weighted by molar-refractivity contribution is -0.140. The molecule has 0 fully saturated rings. The molecule has 0 aliphatic carbocycles. The van der Waals surface area contributed by atoms with Crippen LogP contribution in [0.1, 0.15) is 11.3 Å². The quantitative estimate of drug-likeness (QED) is 0.510. The van der Waals surface area contributed by atoms with Gasteiger partial charge in [-0.15, -0.1) is 5.10 Å². The summed E-state index contributed by atoms with van der Waals surface area (Å²) >= 11 is 0. The van der Waals surface area contributed by atoms with E-state index in [1.165, 1.54) is 31.2 Å². The van der Waals surface area contributed by atoms with Gasteiger partial charge < -0.3 is 10.3 Å². The van der Waals surface area contributed by atoms with Crippen molar-refractivity contribution in [1.29, 1.82) is 0 Å². The number of alkyl halides is 3. The predicted molar refractivity (Wildman–Crippen MR) is 91.2 cm³/mol. The van der Waals surface area contributed by atoms with Crippen LogP contribution >= 0.6 is 0 Å². The van der Waals surface area contributed by atoms with Gasteiger partial charge in [0.05, 0.1) is 17.3 Å². The lowest BCUT2D eigenvalue weighted by Crippen LogP contribution is -2.14. The highest BCUT2D eigenvalue weighted by atomic mass is 19.4. The summed E-state index contributed by atoms with van der Waals surface area (Å²) in [6, 6.07) is 0.761. The maximum absolute atomic E-state index is 13.1. The Labute approximate surface area is 158 Å². The number of rotatable bonds is 4. The first kappa shape index (κ1) is 18.2. The van der Waals surface area contributed by atoms with Gasteiger partial charge in [0, 0.05) is 24.2 Å². The largest absolute Gasteiger partial charge is 0.433 e. The van der Waals surface area contributed by atoms with E-state index in [1.807, 2.05) is 0 Å². The molecule has 146 valence electrons. The number of carbonyl (C=O) groups is 1. The standard InChI is InChI=1S/C16H9F3N8O2/c17-16(18,19)12-1-9(13-11(25-12)4-24-29-13)15-23-7-27(26-15)5-10(14(20)28)8-2-21-6-22-3-8/h1-7H,(H2,20,28)/b10-5+. The zero-order valence-electron chi connectivity index (χ0n) is 14.2. The number of primary amides is 1. The molecular weight excluding hydrogens is 393 g/mol. The summed E-state index contributed by atoms with van der Waals surface area (Å²) in [5.74, 6) is -0.873. The van der Waals surface area contributed by atoms with Crippen molar-refractivity contribution in [2.75, 3.05) is 0 Å². The molecule has 4 heterocycles. The van der Waals surface area contributed by atoms with Crippen LogP contribution in [0.4, 0.5) is 13.2 Å². The summed E-state index contributed by atoms with van der Waals surface area (Å²) in [5.41, 5.74) is 4.43. The molecule has 29 heavy (non-hydrogen) atoms. The number of hydrogen-bond acceptors (Lipinski definition) is 8. The van der Waals surface area contributed by atoms with E-state index in [0.29, 0.717) is 5.56 Å². The van der Waals surface area contributed by atoms with Gasteiger partial charge in [-0.2, -0.15) is 13.2 Å². The Morgan fingerprint density at radius 1 is 1.21 bits per heavy atom. The van der Waals surface area contributed by atoms with E-state index in [0.717, 1.165) is 16.9 Å². The van der Waals surface area contributed by atoms with E-state index in [4.69, 9.17) is 10.3 Å². The van der Waals surface area contributed by atoms with Gasteiger partial charge in [-0.25, -0.2) is 24.6 Å². The third kappa shape index (κ3) is 3.52. The number of fused-ring (bicyclic) bond motifs is 1. The van der Waals surface area contributed by atoms with Crippen LogP contribution in [0, 0.1) is 0 Å². The van der Waals surface area contributed by atoms with Crippen LogP contribution in [-0.2, 0) is 11.0 Å². The Morgan fingerprint density at radius 3 is 2.66 bits per heavy atom. The molecule has 1 amide bonds. The molecule has 0 saturated carbocycles. The van der Waals surface area contributed by atoms with E-state index in [2.05, 4.69) is 30.2 Å². The lowest BCUT2D eigenvalue weighted by Gasteiger charge is -2.06. The molecule has 2 N–H and O–H groups in total. The van der Waals surface area contributed by atoms with Crippen LogP contribution in [0.15, 0.2) is 41.8 Å². The Bertz CT molecular complexity index is 1230. The minimum absolute atomic E-state index is 0.00804. The Morgan fingerprint density at radius 2 is 1.97 bits per heavy atom. The smallest absolute Gasteiger partial charge is 0.366 e. The number of amides is 1. The summed E-state index contributed by atoms with van der Waals surface area (Å²) in [7, 11) is 0. The minimum Gasteiger partial charge on any atom is -0.366 e. The van der Waals surface area contributed by atoms with E-state index >= 15 is 0 Å². The molecule has 0 aromatic carbocycles. The summed E-state index contributed by atoms with van der Waals surface area (Å²) in [6.45, 7) is 0. The molecule has 0 atom stereocenters. The van der Waals surface area contributed by atoms with E-state index in [-0.39, 0.29) is 28.1 Å². The van der Waals surface area contributed by atoms with Crippen molar-refractivity contribution >= 4 is 28.8 Å². The van der Waals surface area contributed by atoms with Crippen LogP contribution in [0.25, 0.3) is 34.3 Å². The first-order valence-electron chi connectivity index (χ1n) is 7.84. The van der Waals surface area contributed by atoms with Crippen molar-refractivity contribution < 1.29 is 22.5 Å². The Kier molecular flexibility index (Phi) is 4.26. The topological polar surface area (TPSA) is 138 Å². The molecule has 0 saturated heterocycles. The van der Waals surface area contributed by atoms with Crippen LogP contribution in [0.5, 0.6) is 0 Å². The average molecular weight is 402 g/mol. The van der Waals surface area contributed by atoms with Crippen molar-refractivity contribution in [2.45, 2.75) is 6.18 Å². The fourth-order valence-corrected chi connectivity index (χ4v) is 2.49. The number of halogens is 3. The SMILES string of the molecule is NC(=O)/C(=C/n1cnc(-c2cc(C(F)(F)F)nc3cnoc23)n1)c1cncnc1. The molecule has 0 bridgehead atoms. The van der Waals surface area contributed by atoms with Crippen molar-refractivity contribution in [2.24, 2.45) is 5.73 Å². The van der Waals surface area contributed by atoms with Crippen molar-refractivity contribution in [1.82, 2.24) is 34.9 Å². The van der Waals surface area contributed by atoms with Gasteiger partial charge >= 0.3 is 6.18 Å². The second kappa shape index (κ2) is 6.78. The van der Waals surface area contributed by atoms with Crippen molar-refractivity contribution in [3.63, 3.8) is 0 Å². The Hall–Kier alpha value is -4.16. The number of hydrogen-bond donors (Lipinski definition) is 1. The lowest BCUT2D eigenvalue weighted by atomic mass is 10.1. The number of aromatic nitrogens is 7. The second-order valence-electron chi connectivity index (χ2n) is 5.68. The summed E-state index contributed by atoms with van der Waals surface area (Å²) in [4.78, 5) is 26.8. The first-order valence-corrected chi connectivity index (χ1v) is 7.84. The number of nitrogens with two attached hydrogens (primary N) is 1. The Balaban J connectivity index is 1.80. The maximum Gasteiger partial charge on any atom is 0.433 e. The van der Waals surface area contributed by atoms with Crippen LogP contribution < -0.4 is 5.73 Å². The highest BCUT2D eigenvalue weighted by Crippen LogP contribution is 2.34. The first-order chi connectivity index (χ1) is 13.8. The van der Waals surface area contributed by atoms with Gasteiger partial charge in [0.25, 0.3) is 5.91 Å². The third-order valence-electron chi connectivity index (χ3n) is 3.76. The average Bonchev–Trinajstić information content (AvgIpc) is 3.34. The van der Waals surface area contributed by atoms with Crippen LogP contribution in [-0.4, -0.2) is 40.8 Å². The molecule has 0 radical (unpaired) electrons. The van der Waals surface area contributed by atoms with Gasteiger partial charge in [-0.3, -0.25) is 4.79 Å². The molecule has 4 aromatic heterocycles. The van der Waals surface area contributed by atoms with E-state index in [9.17, 15) is 18.0 Å². The van der Waals surface area contributed by atoms with Crippen molar-refractivity contribution in [3.05, 3.63) is 48.6 Å². The summed E-state index contributed by atoms with van der Waals surface area (Å²) in [6.07, 6.45) is 2.84.